The van der Waals surface area contributed by atoms with Crippen molar-refractivity contribution in [1.82, 2.24) is 4.98 Å². The van der Waals surface area contributed by atoms with Gasteiger partial charge in [-0.1, -0.05) is 45.9 Å². The molecule has 10 heteroatoms. The Morgan fingerprint density at radius 3 is 2.52 bits per heavy atom. The number of hydrogen-bond acceptors (Lipinski definition) is 10. The van der Waals surface area contributed by atoms with E-state index in [4.69, 9.17) is 14.2 Å². The van der Waals surface area contributed by atoms with Crippen molar-refractivity contribution in [2.45, 2.75) is 91.5 Å². The van der Waals surface area contributed by atoms with Crippen molar-refractivity contribution >= 4 is 29.2 Å². The first-order chi connectivity index (χ1) is 18.9. The van der Waals surface area contributed by atoms with E-state index in [9.17, 15) is 24.9 Å². The van der Waals surface area contributed by atoms with Gasteiger partial charge < -0.3 is 29.5 Å². The zero-order valence-electron chi connectivity index (χ0n) is 24.0. The van der Waals surface area contributed by atoms with Crippen LogP contribution >= 0.6 is 11.3 Å². The molecule has 9 nitrogen and oxygen atoms in total. The van der Waals surface area contributed by atoms with Gasteiger partial charge in [0.25, 0.3) is 0 Å². The maximum atomic E-state index is 13.3. The smallest absolute Gasteiger partial charge is 0.309 e. The van der Waals surface area contributed by atoms with Gasteiger partial charge in [-0.25, -0.2) is 4.98 Å². The molecule has 5 atom stereocenters. The minimum atomic E-state index is -1.29. The summed E-state index contributed by atoms with van der Waals surface area (Å²) in [6.45, 7) is 9.48. The fourth-order valence-electron chi connectivity index (χ4n) is 4.90. The van der Waals surface area contributed by atoms with Gasteiger partial charge in [-0.2, -0.15) is 0 Å². The highest BCUT2D eigenvalue weighted by molar-refractivity contribution is 7.09. The number of Topliss-reactive ketones (excluding diaryl/α,β-unsaturated/α-hetero) is 1. The van der Waals surface area contributed by atoms with Crippen molar-refractivity contribution in [3.05, 3.63) is 45.5 Å². The van der Waals surface area contributed by atoms with E-state index in [-0.39, 0.29) is 31.0 Å². The van der Waals surface area contributed by atoms with Gasteiger partial charge in [0.1, 0.15) is 16.9 Å². The number of cyclic esters (lactones) is 1. The molecule has 0 aromatic carbocycles. The van der Waals surface area contributed by atoms with Crippen LogP contribution in [0.3, 0.4) is 0 Å². The largest absolute Gasteiger partial charge is 0.457 e. The molecule has 3 heterocycles. The Morgan fingerprint density at radius 1 is 1.18 bits per heavy atom. The van der Waals surface area contributed by atoms with E-state index in [1.54, 1.807) is 20.8 Å². The Kier molecular flexibility index (Phi) is 11.8. The molecule has 1 aromatic heterocycles. The van der Waals surface area contributed by atoms with Crippen LogP contribution in [0.2, 0.25) is 0 Å². The number of nitrogens with zero attached hydrogens (tertiary/aromatic N) is 1. The highest BCUT2D eigenvalue weighted by Gasteiger charge is 2.42. The predicted molar refractivity (Wildman–Crippen MR) is 152 cm³/mol. The summed E-state index contributed by atoms with van der Waals surface area (Å²) < 4.78 is 17.2. The van der Waals surface area contributed by atoms with Gasteiger partial charge in [0, 0.05) is 24.1 Å². The van der Waals surface area contributed by atoms with Crippen molar-refractivity contribution < 1.29 is 39.1 Å². The van der Waals surface area contributed by atoms with E-state index in [1.165, 1.54) is 11.3 Å². The van der Waals surface area contributed by atoms with E-state index in [0.717, 1.165) is 11.1 Å². The van der Waals surface area contributed by atoms with Gasteiger partial charge in [-0.05, 0) is 36.5 Å². The van der Waals surface area contributed by atoms with Crippen molar-refractivity contribution in [2.24, 2.45) is 17.3 Å². The lowest BCUT2D eigenvalue weighted by molar-refractivity contribution is -0.154. The van der Waals surface area contributed by atoms with Crippen LogP contribution in [0.5, 0.6) is 0 Å². The number of ether oxygens (including phenoxy) is 3. The first-order valence-electron chi connectivity index (χ1n) is 13.8. The summed E-state index contributed by atoms with van der Waals surface area (Å²) in [6.07, 6.45) is 5.53. The molecule has 0 spiro atoms. The molecular formula is C30H43NO8S. The van der Waals surface area contributed by atoms with Gasteiger partial charge in [-0.15, -0.1) is 11.3 Å². The maximum Gasteiger partial charge on any atom is 0.309 e. The molecule has 0 unspecified atom stereocenters. The third-order valence-corrected chi connectivity index (χ3v) is 8.58. The summed E-state index contributed by atoms with van der Waals surface area (Å²) in [5.41, 5.74) is 1.06. The molecule has 0 amide bonds. The maximum absolute atomic E-state index is 13.3. The van der Waals surface area contributed by atoms with Gasteiger partial charge in [0.05, 0.1) is 49.6 Å². The second-order valence-electron chi connectivity index (χ2n) is 11.3. The lowest BCUT2D eigenvalue weighted by Crippen LogP contribution is -2.45. The Morgan fingerprint density at radius 2 is 1.88 bits per heavy atom. The Hall–Kier alpha value is -2.21. The second kappa shape index (κ2) is 14.6. The number of allylic oxidation sites excluding steroid dienone is 2. The van der Waals surface area contributed by atoms with E-state index < -0.39 is 35.6 Å². The number of carbonyl (C=O) groups is 2. The number of thiazole rings is 1. The molecule has 2 aliphatic rings. The number of ketones is 1. The number of carbonyl (C=O) groups excluding carboxylic acids is 2. The van der Waals surface area contributed by atoms with Crippen LogP contribution in [-0.2, 0) is 30.4 Å². The zero-order valence-corrected chi connectivity index (χ0v) is 24.9. The topological polar surface area (TPSA) is 135 Å². The van der Waals surface area contributed by atoms with Gasteiger partial charge >= 0.3 is 5.97 Å². The van der Waals surface area contributed by atoms with Crippen molar-refractivity contribution in [3.63, 3.8) is 0 Å². The van der Waals surface area contributed by atoms with Gasteiger partial charge in [-0.3, -0.25) is 9.59 Å². The number of rotatable bonds is 5. The van der Waals surface area contributed by atoms with Gasteiger partial charge in [0.2, 0.25) is 0 Å². The molecule has 0 saturated carbocycles. The van der Waals surface area contributed by atoms with E-state index in [1.807, 2.05) is 43.5 Å². The van der Waals surface area contributed by atoms with Gasteiger partial charge in [0.15, 0.2) is 6.29 Å². The normalized spacial score (nSPS) is 29.9. The van der Waals surface area contributed by atoms with Crippen LogP contribution in [0.1, 0.15) is 71.0 Å². The fourth-order valence-corrected chi connectivity index (χ4v) is 5.51. The lowest BCUT2D eigenvalue weighted by atomic mass is 9.73. The van der Waals surface area contributed by atoms with Crippen LogP contribution in [0.4, 0.5) is 0 Å². The van der Waals surface area contributed by atoms with E-state index in [2.05, 4.69) is 4.98 Å². The fraction of sp³-hybridized carbons (Fsp3) is 0.633. The summed E-state index contributed by atoms with van der Waals surface area (Å²) in [5, 5.41) is 33.6. The molecule has 3 rings (SSSR count). The summed E-state index contributed by atoms with van der Waals surface area (Å²) in [6, 6.07) is 0. The third-order valence-electron chi connectivity index (χ3n) is 7.73. The minimum absolute atomic E-state index is 0.152. The number of aliphatic hydroxyl groups excluding tert-OH is 3. The van der Waals surface area contributed by atoms with E-state index >= 15 is 0 Å². The number of aromatic nitrogens is 1. The molecule has 0 aliphatic carbocycles. The summed E-state index contributed by atoms with van der Waals surface area (Å²) >= 11 is 1.34. The molecule has 1 aromatic rings. The standard InChI is InChI=1S/C30H43NO8S/c1-18-7-6-8-21(14-27-37-11-12-38-27)9-10-23(19(2)13-22-17-40-25(16-32)31-22)39-26(34)15-24(33)30(4,5)29(36)20(3)28(18)35/h6,8-9,13,17-18,20,23-24,27-28,32-33,35H,7,10-12,14-16H2,1-5H3/t18-,20+,23-,24-,28-/m0/s1. The van der Waals surface area contributed by atoms with Crippen LogP contribution in [0, 0.1) is 17.3 Å². The summed E-state index contributed by atoms with van der Waals surface area (Å²) in [7, 11) is 0. The van der Waals surface area contributed by atoms with Crippen LogP contribution in [-0.4, -0.2) is 69.9 Å². The molecule has 0 bridgehead atoms. The molecule has 0 radical (unpaired) electrons. The Labute approximate surface area is 240 Å². The second-order valence-corrected chi connectivity index (χ2v) is 12.2. The van der Waals surface area contributed by atoms with Crippen LogP contribution in [0.15, 0.2) is 34.8 Å². The highest BCUT2D eigenvalue weighted by atomic mass is 32.1. The summed E-state index contributed by atoms with van der Waals surface area (Å²) in [5.74, 6) is -1.88. The number of aliphatic hydroxyl groups is 3. The quantitative estimate of drug-likeness (QED) is 0.444. The predicted octanol–water partition coefficient (Wildman–Crippen LogP) is 3.97. The van der Waals surface area contributed by atoms with Crippen molar-refractivity contribution in [3.8, 4) is 0 Å². The average molecular weight is 578 g/mol. The van der Waals surface area contributed by atoms with Crippen LogP contribution < -0.4 is 0 Å². The first-order valence-corrected chi connectivity index (χ1v) is 14.7. The SMILES string of the molecule is CC(=Cc1csc(CO)n1)[C@@H]1CC=C(CC2OCCO2)C=CC[C@H](C)[C@H](O)[C@@H](C)C(=O)C(C)(C)[C@@H](O)CC(=O)O1. The molecule has 222 valence electrons. The highest BCUT2D eigenvalue weighted by Crippen LogP contribution is 2.32. The molecule has 40 heavy (non-hydrogen) atoms. The molecule has 3 N–H and O–H groups in total. The lowest BCUT2D eigenvalue weighted by Gasteiger charge is -2.34. The minimum Gasteiger partial charge on any atom is -0.457 e. The Balaban J connectivity index is 1.95. The molecule has 2 aliphatic heterocycles. The van der Waals surface area contributed by atoms with Crippen molar-refractivity contribution in [2.75, 3.05) is 13.2 Å². The average Bonchev–Trinajstić information content (AvgIpc) is 3.60. The van der Waals surface area contributed by atoms with E-state index in [0.29, 0.717) is 43.2 Å². The molecule has 1 fully saturated rings. The molecular weight excluding hydrogens is 534 g/mol. The Bertz CT molecular complexity index is 1100. The zero-order chi connectivity index (χ0) is 29.4. The van der Waals surface area contributed by atoms with Crippen molar-refractivity contribution in [1.29, 1.82) is 0 Å². The number of hydrogen-bond donors (Lipinski definition) is 3. The molecule has 1 saturated heterocycles. The third kappa shape index (κ3) is 8.64. The summed E-state index contributed by atoms with van der Waals surface area (Å²) in [4.78, 5) is 30.8. The van der Waals surface area contributed by atoms with Crippen LogP contribution in [0.25, 0.3) is 6.08 Å². The number of esters is 1. The first kappa shape index (κ1) is 32.3. The monoisotopic (exact) mass is 577 g/mol.